The quantitative estimate of drug-likeness (QED) is 0.186. The van der Waals surface area contributed by atoms with Gasteiger partial charge in [-0.2, -0.15) is 5.26 Å². The highest BCUT2D eigenvalue weighted by atomic mass is 32.2. The molecule has 3 unspecified atom stereocenters. The van der Waals surface area contributed by atoms with E-state index in [9.17, 15) is 14.9 Å². The van der Waals surface area contributed by atoms with Crippen LogP contribution in [0.2, 0.25) is 5.04 Å². The van der Waals surface area contributed by atoms with Crippen LogP contribution >= 0.6 is 11.8 Å². The maximum atomic E-state index is 13.6. The van der Waals surface area contributed by atoms with Crippen LogP contribution in [0.4, 0.5) is 0 Å². The molecule has 2 aromatic carbocycles. The third kappa shape index (κ3) is 7.35. The van der Waals surface area contributed by atoms with Gasteiger partial charge in [0.15, 0.2) is 0 Å². The van der Waals surface area contributed by atoms with E-state index in [2.05, 4.69) is 51.1 Å². The summed E-state index contributed by atoms with van der Waals surface area (Å²) in [4.78, 5) is 27.8. The normalized spacial score (nSPS) is 18.4. The lowest BCUT2D eigenvalue weighted by Gasteiger charge is -2.43. The monoisotopic (exact) mass is 582 g/mol. The maximum Gasteiger partial charge on any atom is 0.323 e. The zero-order valence-electron chi connectivity index (χ0n) is 24.3. The first kappa shape index (κ1) is 31.9. The average molecular weight is 583 g/mol. The SMILES string of the molecule is CCOCCC1SC(CC(C#N)C(=O)OCC)N(CCO[Si](c2ccccc2)(c2ccccc2)C(C)(C)C)C1=O. The summed E-state index contributed by atoms with van der Waals surface area (Å²) in [6, 6.07) is 22.9. The Hall–Kier alpha value is -2.64. The van der Waals surface area contributed by atoms with Crippen LogP contribution in [-0.4, -0.2) is 68.7 Å². The molecule has 9 heteroatoms. The number of amides is 1. The van der Waals surface area contributed by atoms with Crippen molar-refractivity contribution in [1.82, 2.24) is 4.90 Å². The molecule has 1 heterocycles. The maximum absolute atomic E-state index is 13.6. The van der Waals surface area contributed by atoms with Gasteiger partial charge in [0, 0.05) is 26.2 Å². The molecule has 1 fully saturated rings. The number of thioether (sulfide) groups is 1. The van der Waals surface area contributed by atoms with Crippen LogP contribution in [0.1, 0.15) is 47.5 Å². The second-order valence-corrected chi connectivity index (χ2v) is 16.5. The van der Waals surface area contributed by atoms with Gasteiger partial charge in [-0.3, -0.25) is 9.59 Å². The number of benzene rings is 2. The lowest BCUT2D eigenvalue weighted by Crippen LogP contribution is -2.67. The van der Waals surface area contributed by atoms with E-state index in [0.717, 1.165) is 0 Å². The Labute approximate surface area is 244 Å². The predicted molar refractivity (Wildman–Crippen MR) is 162 cm³/mol. The van der Waals surface area contributed by atoms with Gasteiger partial charge in [0.1, 0.15) is 5.92 Å². The molecule has 0 saturated carbocycles. The van der Waals surface area contributed by atoms with E-state index < -0.39 is 20.2 Å². The molecule has 3 atom stereocenters. The molecule has 0 spiro atoms. The summed E-state index contributed by atoms with van der Waals surface area (Å²) < 4.78 is 17.7. The summed E-state index contributed by atoms with van der Waals surface area (Å²) in [5.41, 5.74) is 0. The molecule has 0 aliphatic carbocycles. The predicted octanol–water partition coefficient (Wildman–Crippen LogP) is 4.35. The van der Waals surface area contributed by atoms with Crippen molar-refractivity contribution >= 4 is 42.3 Å². The largest absolute Gasteiger partial charge is 0.465 e. The van der Waals surface area contributed by atoms with Gasteiger partial charge >= 0.3 is 5.97 Å². The molecule has 2 aromatic rings. The number of hydrogen-bond acceptors (Lipinski definition) is 7. The lowest BCUT2D eigenvalue weighted by atomic mass is 10.1. The van der Waals surface area contributed by atoms with Gasteiger partial charge in [-0.05, 0) is 35.7 Å². The number of carbonyl (C=O) groups is 2. The smallest absolute Gasteiger partial charge is 0.323 e. The van der Waals surface area contributed by atoms with Gasteiger partial charge in [-0.1, -0.05) is 81.4 Å². The Balaban J connectivity index is 1.88. The van der Waals surface area contributed by atoms with E-state index in [1.165, 1.54) is 22.1 Å². The summed E-state index contributed by atoms with van der Waals surface area (Å²) >= 11 is 1.51. The van der Waals surface area contributed by atoms with Crippen LogP contribution in [0.5, 0.6) is 0 Å². The van der Waals surface area contributed by atoms with Crippen molar-refractivity contribution < 1.29 is 23.5 Å². The molecular formula is C31H42N2O5SSi. The zero-order chi connectivity index (χ0) is 29.2. The summed E-state index contributed by atoms with van der Waals surface area (Å²) in [7, 11) is -2.77. The fraction of sp³-hybridized carbons (Fsp3) is 0.516. The van der Waals surface area contributed by atoms with Crippen molar-refractivity contribution in [3.05, 3.63) is 60.7 Å². The van der Waals surface area contributed by atoms with Crippen molar-refractivity contribution in [3.8, 4) is 6.07 Å². The van der Waals surface area contributed by atoms with Gasteiger partial charge in [0.05, 0.1) is 29.9 Å². The molecule has 1 saturated heterocycles. The number of ether oxygens (including phenoxy) is 2. The van der Waals surface area contributed by atoms with E-state index in [1.54, 1.807) is 11.8 Å². The Morgan fingerprint density at radius 1 is 1.02 bits per heavy atom. The summed E-state index contributed by atoms with van der Waals surface area (Å²) in [6.45, 7) is 12.3. The molecule has 40 heavy (non-hydrogen) atoms. The molecule has 0 bridgehead atoms. The van der Waals surface area contributed by atoms with Crippen molar-refractivity contribution in [3.63, 3.8) is 0 Å². The van der Waals surface area contributed by atoms with Crippen LogP contribution in [0.25, 0.3) is 0 Å². The topological polar surface area (TPSA) is 88.9 Å². The number of carbonyl (C=O) groups excluding carboxylic acids is 2. The van der Waals surface area contributed by atoms with E-state index in [-0.39, 0.29) is 34.6 Å². The zero-order valence-corrected chi connectivity index (χ0v) is 26.1. The molecule has 1 amide bonds. The minimum absolute atomic E-state index is 0.00120. The summed E-state index contributed by atoms with van der Waals surface area (Å²) in [5, 5.41) is 11.3. The standard InChI is InChI=1S/C31H42N2O5SSi/c1-6-36-20-18-27-29(34)33(28(39-27)22-24(23-32)30(35)37-7-2)19-21-38-40(31(3,4)5,25-14-10-8-11-15-25)26-16-12-9-13-17-26/h8-17,24,27-28H,6-7,18-22H2,1-5H3. The van der Waals surface area contributed by atoms with E-state index in [0.29, 0.717) is 32.8 Å². The summed E-state index contributed by atoms with van der Waals surface area (Å²) in [6.07, 6.45) is 0.798. The van der Waals surface area contributed by atoms with Crippen molar-refractivity contribution in [2.24, 2.45) is 5.92 Å². The number of nitriles is 1. The van der Waals surface area contributed by atoms with E-state index >= 15 is 0 Å². The van der Waals surface area contributed by atoms with Crippen LogP contribution in [0.3, 0.4) is 0 Å². The third-order valence-electron chi connectivity index (χ3n) is 7.19. The van der Waals surface area contributed by atoms with Gasteiger partial charge in [0.2, 0.25) is 5.91 Å². The highest BCUT2D eigenvalue weighted by molar-refractivity contribution is 8.01. The Morgan fingerprint density at radius 2 is 1.62 bits per heavy atom. The van der Waals surface area contributed by atoms with E-state index in [1.807, 2.05) is 43.3 Å². The molecule has 0 N–H and O–H groups in total. The van der Waals surface area contributed by atoms with Crippen molar-refractivity contribution in [2.45, 2.75) is 63.1 Å². The van der Waals surface area contributed by atoms with Gasteiger partial charge in [0.25, 0.3) is 8.32 Å². The van der Waals surface area contributed by atoms with Gasteiger partial charge in [-0.15, -0.1) is 11.8 Å². The Morgan fingerprint density at radius 3 is 2.12 bits per heavy atom. The van der Waals surface area contributed by atoms with Crippen LogP contribution in [0, 0.1) is 17.2 Å². The second kappa shape index (κ2) is 14.8. The fourth-order valence-corrected chi connectivity index (χ4v) is 11.4. The van der Waals surface area contributed by atoms with E-state index in [4.69, 9.17) is 13.9 Å². The van der Waals surface area contributed by atoms with Crippen LogP contribution in [0.15, 0.2) is 60.7 Å². The highest BCUT2D eigenvalue weighted by Gasteiger charge is 2.50. The first-order chi connectivity index (χ1) is 19.2. The molecule has 0 radical (unpaired) electrons. The van der Waals surface area contributed by atoms with Crippen LogP contribution in [-0.2, 0) is 23.5 Å². The number of esters is 1. The highest BCUT2D eigenvalue weighted by Crippen LogP contribution is 2.39. The third-order valence-corrected chi connectivity index (χ3v) is 13.8. The second-order valence-electron chi connectivity index (χ2n) is 10.8. The van der Waals surface area contributed by atoms with Gasteiger partial charge < -0.3 is 18.8 Å². The first-order valence-electron chi connectivity index (χ1n) is 14.0. The average Bonchev–Trinajstić information content (AvgIpc) is 3.23. The number of hydrogen-bond donors (Lipinski definition) is 0. The number of rotatable bonds is 14. The van der Waals surface area contributed by atoms with Crippen molar-refractivity contribution in [1.29, 1.82) is 5.26 Å². The molecule has 7 nitrogen and oxygen atoms in total. The fourth-order valence-electron chi connectivity index (χ4n) is 5.32. The molecule has 3 rings (SSSR count). The number of nitrogens with zero attached hydrogens (tertiary/aromatic N) is 2. The molecular weight excluding hydrogens is 541 g/mol. The first-order valence-corrected chi connectivity index (χ1v) is 16.9. The molecule has 1 aliphatic heterocycles. The summed E-state index contributed by atoms with van der Waals surface area (Å²) in [5.74, 6) is -1.48. The molecule has 1 aliphatic rings. The van der Waals surface area contributed by atoms with Crippen LogP contribution < -0.4 is 10.4 Å². The molecule has 0 aromatic heterocycles. The lowest BCUT2D eigenvalue weighted by molar-refractivity contribution is -0.146. The Kier molecular flexibility index (Phi) is 11.8. The minimum atomic E-state index is -2.77. The minimum Gasteiger partial charge on any atom is -0.465 e. The van der Waals surface area contributed by atoms with Crippen molar-refractivity contribution in [2.75, 3.05) is 33.0 Å². The van der Waals surface area contributed by atoms with Gasteiger partial charge in [-0.25, -0.2) is 0 Å². The Bertz CT molecular complexity index is 1100. The molecule has 216 valence electrons.